The molecular formula is C14H18N2OS. The van der Waals surface area contributed by atoms with Crippen LogP contribution >= 0.6 is 11.5 Å². The average molecular weight is 262 g/mol. The van der Waals surface area contributed by atoms with Crippen LogP contribution in [0.2, 0.25) is 0 Å². The number of aryl methyl sites for hydroxylation is 1. The molecule has 3 nitrogen and oxygen atoms in total. The quantitative estimate of drug-likeness (QED) is 0.900. The molecule has 0 aliphatic heterocycles. The van der Waals surface area contributed by atoms with Crippen molar-refractivity contribution in [3.05, 3.63) is 47.0 Å². The van der Waals surface area contributed by atoms with E-state index in [1.165, 1.54) is 16.4 Å². The second-order valence-electron chi connectivity index (χ2n) is 4.50. The van der Waals surface area contributed by atoms with Crippen molar-refractivity contribution in [2.24, 2.45) is 0 Å². The molecule has 0 bridgehead atoms. The number of aromatic nitrogens is 1. The van der Waals surface area contributed by atoms with E-state index in [1.54, 1.807) is 0 Å². The minimum atomic E-state index is -0.348. The number of hydrogen-bond donors (Lipinski definition) is 1. The van der Waals surface area contributed by atoms with E-state index in [9.17, 15) is 5.11 Å². The normalized spacial score (nSPS) is 12.4. The van der Waals surface area contributed by atoms with Gasteiger partial charge in [-0.25, -0.2) is 0 Å². The summed E-state index contributed by atoms with van der Waals surface area (Å²) in [6.45, 7) is 5.23. The summed E-state index contributed by atoms with van der Waals surface area (Å²) in [5.74, 6) is 0. The number of anilines is 1. The van der Waals surface area contributed by atoms with Crippen LogP contribution in [0.1, 0.15) is 17.5 Å². The van der Waals surface area contributed by atoms with E-state index >= 15 is 0 Å². The second kappa shape index (κ2) is 5.98. The summed E-state index contributed by atoms with van der Waals surface area (Å²) in [4.78, 5) is 3.40. The molecule has 1 N–H and O–H groups in total. The topological polar surface area (TPSA) is 36.4 Å². The Balaban J connectivity index is 2.15. The molecule has 2 aromatic rings. The Morgan fingerprint density at radius 3 is 2.61 bits per heavy atom. The maximum Gasteiger partial charge on any atom is 0.0687 e. The fourth-order valence-corrected chi connectivity index (χ4v) is 2.65. The van der Waals surface area contributed by atoms with Crippen molar-refractivity contribution in [3.63, 3.8) is 0 Å². The van der Waals surface area contributed by atoms with Crippen LogP contribution in [-0.4, -0.2) is 22.1 Å². The highest BCUT2D eigenvalue weighted by atomic mass is 32.1. The lowest BCUT2D eigenvalue weighted by molar-refractivity contribution is 0.199. The van der Waals surface area contributed by atoms with Crippen molar-refractivity contribution in [2.45, 2.75) is 26.5 Å². The van der Waals surface area contributed by atoms with Gasteiger partial charge in [-0.3, -0.25) is 0 Å². The summed E-state index contributed by atoms with van der Waals surface area (Å²) < 4.78 is 4.29. The smallest absolute Gasteiger partial charge is 0.0687 e. The summed E-state index contributed by atoms with van der Waals surface area (Å²) in [6, 6.07) is 12.3. The highest BCUT2D eigenvalue weighted by molar-refractivity contribution is 7.05. The Hall–Kier alpha value is -1.39. The van der Waals surface area contributed by atoms with E-state index < -0.39 is 0 Å². The monoisotopic (exact) mass is 262 g/mol. The highest BCUT2D eigenvalue weighted by Gasteiger charge is 2.11. The lowest BCUT2D eigenvalue weighted by atomic mass is 10.2. The predicted molar refractivity (Wildman–Crippen MR) is 76.0 cm³/mol. The Morgan fingerprint density at radius 1 is 1.33 bits per heavy atom. The number of rotatable bonds is 5. The van der Waals surface area contributed by atoms with Gasteiger partial charge < -0.3 is 10.0 Å². The van der Waals surface area contributed by atoms with Gasteiger partial charge in [0, 0.05) is 17.1 Å². The van der Waals surface area contributed by atoms with Gasteiger partial charge in [0.05, 0.1) is 18.3 Å². The van der Waals surface area contributed by atoms with Crippen LogP contribution in [0.5, 0.6) is 0 Å². The first-order valence-electron chi connectivity index (χ1n) is 6.05. The van der Waals surface area contributed by atoms with E-state index in [-0.39, 0.29) is 6.10 Å². The third kappa shape index (κ3) is 3.55. The van der Waals surface area contributed by atoms with E-state index in [0.29, 0.717) is 6.54 Å². The van der Waals surface area contributed by atoms with Crippen LogP contribution in [-0.2, 0) is 6.54 Å². The molecule has 0 amide bonds. The molecule has 1 atom stereocenters. The minimum Gasteiger partial charge on any atom is -0.392 e. The predicted octanol–water partition coefficient (Wildman–Crippen LogP) is 2.84. The first kappa shape index (κ1) is 13.1. The maximum absolute atomic E-state index is 9.61. The number of para-hydroxylation sites is 1. The third-order valence-electron chi connectivity index (χ3n) is 2.63. The first-order valence-corrected chi connectivity index (χ1v) is 6.83. The molecule has 0 fully saturated rings. The first-order chi connectivity index (χ1) is 8.65. The van der Waals surface area contributed by atoms with Crippen molar-refractivity contribution < 1.29 is 5.11 Å². The van der Waals surface area contributed by atoms with E-state index in [0.717, 1.165) is 17.9 Å². The zero-order chi connectivity index (χ0) is 13.0. The zero-order valence-corrected chi connectivity index (χ0v) is 11.5. The molecule has 1 heterocycles. The van der Waals surface area contributed by atoms with Gasteiger partial charge in [0.15, 0.2) is 0 Å². The van der Waals surface area contributed by atoms with Gasteiger partial charge in [0.2, 0.25) is 0 Å². The van der Waals surface area contributed by atoms with Crippen LogP contribution < -0.4 is 4.90 Å². The summed E-state index contributed by atoms with van der Waals surface area (Å²) in [7, 11) is 0. The van der Waals surface area contributed by atoms with Gasteiger partial charge in [-0.1, -0.05) is 18.2 Å². The fraction of sp³-hybridized carbons (Fsp3) is 0.357. The molecular weight excluding hydrogens is 244 g/mol. The van der Waals surface area contributed by atoms with Crippen LogP contribution in [0, 0.1) is 6.92 Å². The van der Waals surface area contributed by atoms with E-state index in [2.05, 4.69) is 27.5 Å². The molecule has 0 aliphatic carbocycles. The fourth-order valence-electron chi connectivity index (χ4n) is 1.90. The molecule has 1 aromatic carbocycles. The van der Waals surface area contributed by atoms with Gasteiger partial charge >= 0.3 is 0 Å². The standard InChI is InChI=1S/C14H18N2OS/c1-11-8-14(18-15-11)10-16(9-12(2)17)13-6-4-3-5-7-13/h3-8,12,17H,9-10H2,1-2H3. The number of aliphatic hydroxyl groups is 1. The number of nitrogens with zero attached hydrogens (tertiary/aromatic N) is 2. The second-order valence-corrected chi connectivity index (χ2v) is 5.39. The molecule has 4 heteroatoms. The van der Waals surface area contributed by atoms with E-state index in [1.807, 2.05) is 32.0 Å². The number of aliphatic hydroxyl groups excluding tert-OH is 1. The summed E-state index contributed by atoms with van der Waals surface area (Å²) in [5, 5.41) is 9.61. The van der Waals surface area contributed by atoms with Crippen molar-refractivity contribution in [1.82, 2.24) is 4.37 Å². The zero-order valence-electron chi connectivity index (χ0n) is 10.7. The van der Waals surface area contributed by atoms with Gasteiger partial charge in [-0.2, -0.15) is 4.37 Å². The summed E-state index contributed by atoms with van der Waals surface area (Å²) in [6.07, 6.45) is -0.348. The van der Waals surface area contributed by atoms with Crippen LogP contribution in [0.3, 0.4) is 0 Å². The molecule has 1 unspecified atom stereocenters. The molecule has 96 valence electrons. The molecule has 0 saturated heterocycles. The van der Waals surface area contributed by atoms with Crippen LogP contribution in [0.15, 0.2) is 36.4 Å². The van der Waals surface area contributed by atoms with Crippen molar-refractivity contribution in [1.29, 1.82) is 0 Å². The average Bonchev–Trinajstić information content (AvgIpc) is 2.75. The Morgan fingerprint density at radius 2 is 2.06 bits per heavy atom. The third-order valence-corrected chi connectivity index (χ3v) is 3.49. The lowest BCUT2D eigenvalue weighted by Gasteiger charge is -2.25. The summed E-state index contributed by atoms with van der Waals surface area (Å²) in [5.41, 5.74) is 2.18. The lowest BCUT2D eigenvalue weighted by Crippen LogP contribution is -2.30. The van der Waals surface area contributed by atoms with Gasteiger partial charge in [-0.15, -0.1) is 0 Å². The van der Waals surface area contributed by atoms with E-state index in [4.69, 9.17) is 0 Å². The largest absolute Gasteiger partial charge is 0.392 e. The molecule has 2 rings (SSSR count). The Kier molecular flexibility index (Phi) is 4.33. The number of hydrogen-bond acceptors (Lipinski definition) is 4. The van der Waals surface area contributed by atoms with Gasteiger partial charge in [-0.05, 0) is 43.6 Å². The van der Waals surface area contributed by atoms with Gasteiger partial charge in [0.25, 0.3) is 0 Å². The van der Waals surface area contributed by atoms with Crippen LogP contribution in [0.25, 0.3) is 0 Å². The van der Waals surface area contributed by atoms with Crippen molar-refractivity contribution >= 4 is 17.2 Å². The van der Waals surface area contributed by atoms with Crippen molar-refractivity contribution in [2.75, 3.05) is 11.4 Å². The molecule has 0 radical (unpaired) electrons. The SMILES string of the molecule is Cc1cc(CN(CC(C)O)c2ccccc2)sn1. The molecule has 0 spiro atoms. The number of benzene rings is 1. The van der Waals surface area contributed by atoms with Crippen LogP contribution in [0.4, 0.5) is 5.69 Å². The molecule has 1 aromatic heterocycles. The molecule has 0 aliphatic rings. The highest BCUT2D eigenvalue weighted by Crippen LogP contribution is 2.19. The van der Waals surface area contributed by atoms with Gasteiger partial charge in [0.1, 0.15) is 0 Å². The summed E-state index contributed by atoms with van der Waals surface area (Å²) >= 11 is 1.53. The van der Waals surface area contributed by atoms with Crippen molar-refractivity contribution in [3.8, 4) is 0 Å². The Bertz CT molecular complexity index is 482. The molecule has 18 heavy (non-hydrogen) atoms. The minimum absolute atomic E-state index is 0.348. The Labute approximate surface area is 112 Å². The molecule has 0 saturated carbocycles. The maximum atomic E-state index is 9.61.